The third-order valence-corrected chi connectivity index (χ3v) is 4.17. The number of rotatable bonds is 5. The first-order valence-corrected chi connectivity index (χ1v) is 8.32. The number of nitrogens with zero attached hydrogens (tertiary/aromatic N) is 4. The molecular formula is C18H17F3N4O3. The minimum Gasteiger partial charge on any atom is -0.434 e. The van der Waals surface area contributed by atoms with Gasteiger partial charge in [-0.2, -0.15) is 0 Å². The Hall–Kier alpha value is -3.17. The van der Waals surface area contributed by atoms with Gasteiger partial charge in [-0.1, -0.05) is 0 Å². The van der Waals surface area contributed by atoms with E-state index in [0.29, 0.717) is 5.69 Å². The molecule has 0 aliphatic carbocycles. The van der Waals surface area contributed by atoms with Gasteiger partial charge in [-0.25, -0.2) is 22.9 Å². The predicted octanol–water partition coefficient (Wildman–Crippen LogP) is 2.63. The second kappa shape index (κ2) is 7.83. The van der Waals surface area contributed by atoms with E-state index in [1.807, 2.05) is 0 Å². The third kappa shape index (κ3) is 4.05. The van der Waals surface area contributed by atoms with Crippen LogP contribution in [0.4, 0.5) is 18.0 Å². The molecule has 3 rings (SSSR count). The Bertz CT molecular complexity index is 907. The van der Waals surface area contributed by atoms with Crippen molar-refractivity contribution in [3.8, 4) is 11.3 Å². The third-order valence-electron chi connectivity index (χ3n) is 4.17. The van der Waals surface area contributed by atoms with E-state index < -0.39 is 30.0 Å². The Morgan fingerprint density at radius 3 is 2.79 bits per heavy atom. The van der Waals surface area contributed by atoms with Crippen molar-refractivity contribution in [1.82, 2.24) is 19.8 Å². The molecule has 0 bridgehead atoms. The van der Waals surface area contributed by atoms with Gasteiger partial charge in [0.25, 0.3) is 12.3 Å². The molecule has 1 atom stereocenters. The van der Waals surface area contributed by atoms with Crippen LogP contribution in [0.25, 0.3) is 11.3 Å². The number of carbonyl (C=O) groups is 2. The topological polar surface area (TPSA) is 75.6 Å². The van der Waals surface area contributed by atoms with E-state index in [-0.39, 0.29) is 30.3 Å². The van der Waals surface area contributed by atoms with Gasteiger partial charge in [0.15, 0.2) is 6.10 Å². The Labute approximate surface area is 158 Å². The molecule has 148 valence electrons. The van der Waals surface area contributed by atoms with Gasteiger partial charge >= 0.3 is 6.09 Å². The van der Waals surface area contributed by atoms with Crippen molar-refractivity contribution in [3.05, 3.63) is 47.7 Å². The van der Waals surface area contributed by atoms with Crippen molar-refractivity contribution < 1.29 is 27.5 Å². The minimum atomic E-state index is -2.96. The van der Waals surface area contributed by atoms with Crippen LogP contribution < -0.4 is 0 Å². The number of carbonyl (C=O) groups excluding carboxylic acids is 2. The molecular weight excluding hydrogens is 377 g/mol. The van der Waals surface area contributed by atoms with Gasteiger partial charge in [0.1, 0.15) is 5.82 Å². The van der Waals surface area contributed by atoms with E-state index in [1.165, 1.54) is 28.3 Å². The second-order valence-corrected chi connectivity index (χ2v) is 6.42. The highest BCUT2D eigenvalue weighted by Crippen LogP contribution is 2.27. The molecule has 0 unspecified atom stereocenters. The molecule has 2 aromatic rings. The van der Waals surface area contributed by atoms with Crippen LogP contribution in [0.1, 0.15) is 17.7 Å². The molecule has 1 aromatic carbocycles. The number of cyclic esters (lactones) is 1. The van der Waals surface area contributed by atoms with Crippen molar-refractivity contribution in [2.75, 3.05) is 20.6 Å². The summed E-state index contributed by atoms with van der Waals surface area (Å²) >= 11 is 0. The number of alkyl halides is 2. The van der Waals surface area contributed by atoms with Crippen LogP contribution in [0, 0.1) is 5.82 Å². The lowest BCUT2D eigenvalue weighted by molar-refractivity contribution is -0.135. The molecule has 10 heteroatoms. The summed E-state index contributed by atoms with van der Waals surface area (Å²) in [6.07, 6.45) is -1.75. The van der Waals surface area contributed by atoms with E-state index in [4.69, 9.17) is 4.74 Å². The van der Waals surface area contributed by atoms with Crippen LogP contribution in [0.2, 0.25) is 0 Å². The molecule has 1 aliphatic heterocycles. The fourth-order valence-electron chi connectivity index (χ4n) is 2.74. The van der Waals surface area contributed by atoms with E-state index in [2.05, 4.69) is 9.97 Å². The zero-order chi connectivity index (χ0) is 20.4. The first-order chi connectivity index (χ1) is 13.3. The number of aromatic nitrogens is 2. The number of likely N-dealkylation sites (N-methyl/N-ethyl adjacent to an activating group) is 1. The second-order valence-electron chi connectivity index (χ2n) is 6.42. The van der Waals surface area contributed by atoms with Crippen LogP contribution in [0.5, 0.6) is 0 Å². The van der Waals surface area contributed by atoms with Gasteiger partial charge in [0.2, 0.25) is 0 Å². The van der Waals surface area contributed by atoms with Crippen LogP contribution in [0.3, 0.4) is 0 Å². The summed E-state index contributed by atoms with van der Waals surface area (Å²) in [5, 5.41) is 0. The highest BCUT2D eigenvalue weighted by atomic mass is 19.3. The number of amides is 2. The summed E-state index contributed by atoms with van der Waals surface area (Å²) in [6, 6.07) is 3.29. The zero-order valence-corrected chi connectivity index (χ0v) is 15.1. The standard InChI is InChI=1S/C18H17F3N4O3/c1-24(2)17(26)15-9-25(18(27)28-15)8-11-6-22-7-14(23-11)10-3-4-13(19)12(5-10)16(20)21/h3-7,15-16H,8-9H2,1-2H3/t15-/m1/s1. The summed E-state index contributed by atoms with van der Waals surface area (Å²) in [6.45, 7) is 0.0909. The normalized spacial score (nSPS) is 16.4. The summed E-state index contributed by atoms with van der Waals surface area (Å²) in [7, 11) is 3.12. The summed E-state index contributed by atoms with van der Waals surface area (Å²) < 4.78 is 44.4. The molecule has 0 spiro atoms. The predicted molar refractivity (Wildman–Crippen MR) is 91.8 cm³/mol. The lowest BCUT2D eigenvalue weighted by Gasteiger charge is -2.15. The molecule has 1 aromatic heterocycles. The molecule has 0 N–H and O–H groups in total. The number of hydrogen-bond acceptors (Lipinski definition) is 5. The van der Waals surface area contributed by atoms with Crippen molar-refractivity contribution >= 4 is 12.0 Å². The first kappa shape index (κ1) is 19.6. The maximum Gasteiger partial charge on any atom is 0.411 e. The van der Waals surface area contributed by atoms with Crippen LogP contribution in [-0.2, 0) is 16.1 Å². The average molecular weight is 394 g/mol. The van der Waals surface area contributed by atoms with Crippen molar-refractivity contribution in [2.45, 2.75) is 19.1 Å². The Kier molecular flexibility index (Phi) is 5.48. The average Bonchev–Trinajstić information content (AvgIpc) is 3.01. The van der Waals surface area contributed by atoms with E-state index >= 15 is 0 Å². The van der Waals surface area contributed by atoms with E-state index in [1.54, 1.807) is 14.1 Å². The molecule has 0 radical (unpaired) electrons. The lowest BCUT2D eigenvalue weighted by atomic mass is 10.1. The molecule has 2 amide bonds. The van der Waals surface area contributed by atoms with Gasteiger partial charge in [-0.05, 0) is 18.2 Å². The minimum absolute atomic E-state index is 0.0276. The quantitative estimate of drug-likeness (QED) is 0.779. The fraction of sp³-hybridized carbons (Fsp3) is 0.333. The van der Waals surface area contributed by atoms with Crippen molar-refractivity contribution in [1.29, 1.82) is 0 Å². The maximum atomic E-state index is 13.5. The summed E-state index contributed by atoms with van der Waals surface area (Å²) in [5.41, 5.74) is 0.178. The van der Waals surface area contributed by atoms with Crippen LogP contribution in [0.15, 0.2) is 30.6 Å². The van der Waals surface area contributed by atoms with Gasteiger partial charge in [-0.15, -0.1) is 0 Å². The number of benzene rings is 1. The highest BCUT2D eigenvalue weighted by molar-refractivity contribution is 5.86. The van der Waals surface area contributed by atoms with Gasteiger partial charge < -0.3 is 9.64 Å². The summed E-state index contributed by atoms with van der Waals surface area (Å²) in [5.74, 6) is -1.33. The number of halogens is 3. The van der Waals surface area contributed by atoms with Crippen LogP contribution >= 0.6 is 0 Å². The van der Waals surface area contributed by atoms with Gasteiger partial charge in [-0.3, -0.25) is 14.7 Å². The summed E-state index contributed by atoms with van der Waals surface area (Å²) in [4.78, 5) is 34.9. The Morgan fingerprint density at radius 1 is 1.36 bits per heavy atom. The smallest absolute Gasteiger partial charge is 0.411 e. The lowest BCUT2D eigenvalue weighted by Crippen LogP contribution is -2.36. The Morgan fingerprint density at radius 2 is 2.11 bits per heavy atom. The zero-order valence-electron chi connectivity index (χ0n) is 15.1. The number of ether oxygens (including phenoxy) is 1. The van der Waals surface area contributed by atoms with Crippen LogP contribution in [-0.4, -0.2) is 58.5 Å². The molecule has 1 fully saturated rings. The number of hydrogen-bond donors (Lipinski definition) is 0. The molecule has 7 nitrogen and oxygen atoms in total. The molecule has 1 saturated heterocycles. The maximum absolute atomic E-state index is 13.5. The van der Waals surface area contributed by atoms with Gasteiger partial charge in [0.05, 0.1) is 42.4 Å². The van der Waals surface area contributed by atoms with E-state index in [0.717, 1.165) is 12.1 Å². The first-order valence-electron chi connectivity index (χ1n) is 8.32. The molecule has 1 aliphatic rings. The largest absolute Gasteiger partial charge is 0.434 e. The molecule has 28 heavy (non-hydrogen) atoms. The molecule has 0 saturated carbocycles. The Balaban J connectivity index is 1.78. The van der Waals surface area contributed by atoms with E-state index in [9.17, 15) is 22.8 Å². The monoisotopic (exact) mass is 394 g/mol. The molecule has 2 heterocycles. The fourth-order valence-corrected chi connectivity index (χ4v) is 2.74. The van der Waals surface area contributed by atoms with Crippen molar-refractivity contribution in [2.24, 2.45) is 0 Å². The highest BCUT2D eigenvalue weighted by Gasteiger charge is 2.37. The SMILES string of the molecule is CN(C)C(=O)[C@H]1CN(Cc2cncc(-c3ccc(F)c(C(F)F)c3)n2)C(=O)O1. The van der Waals surface area contributed by atoms with Crippen molar-refractivity contribution in [3.63, 3.8) is 0 Å². The van der Waals surface area contributed by atoms with Gasteiger partial charge in [0, 0.05) is 19.7 Å².